The molecule has 1 amide bonds. The van der Waals surface area contributed by atoms with Crippen molar-refractivity contribution < 1.29 is 34.7 Å². The number of carbonyl (C=O) groups excluding carboxylic acids is 1. The maximum absolute atomic E-state index is 12.2. The Morgan fingerprint density at radius 2 is 1.81 bits per heavy atom. The molecule has 0 saturated carbocycles. The van der Waals surface area contributed by atoms with Gasteiger partial charge in [0.05, 0.1) is 12.3 Å². The minimum atomic E-state index is -1.46. The molecule has 2 heterocycles. The number of rotatable bonds is 4. The van der Waals surface area contributed by atoms with Crippen LogP contribution in [-0.4, -0.2) is 63.0 Å². The number of hydrogen-bond acceptors (Lipinski definition) is 7. The van der Waals surface area contributed by atoms with E-state index in [9.17, 15) is 25.2 Å². The van der Waals surface area contributed by atoms with Gasteiger partial charge >= 0.3 is 0 Å². The first-order valence-electron chi connectivity index (χ1n) is 10.3. The molecule has 5 atom stereocenters. The first-order valence-corrected chi connectivity index (χ1v) is 10.7. The van der Waals surface area contributed by atoms with Gasteiger partial charge in [-0.2, -0.15) is 0 Å². The van der Waals surface area contributed by atoms with E-state index in [0.29, 0.717) is 28.4 Å². The summed E-state index contributed by atoms with van der Waals surface area (Å²) in [5.74, 6) is 0.351. The summed E-state index contributed by atoms with van der Waals surface area (Å²) in [7, 11) is 0. The lowest BCUT2D eigenvalue weighted by Crippen LogP contribution is -2.55. The van der Waals surface area contributed by atoms with Gasteiger partial charge in [-0.1, -0.05) is 29.8 Å². The van der Waals surface area contributed by atoms with E-state index in [2.05, 4.69) is 5.32 Å². The Labute approximate surface area is 190 Å². The molecule has 2 aliphatic rings. The standard InChI is InChI=1S/C23H26ClNO7/c1-23(2)22(30)25-15-8-11(3-6-16(15)32-23)7-13-9-12(4-5-14(13)24)21-20(29)19(28)18(27)17(10-26)31-21/h3-6,8-9,17-21,26-29H,7,10H2,1-2H3,(H,25,30)/t17-,18?,19+,20?,21+/m1/s1. The number of aliphatic hydroxyl groups is 4. The topological polar surface area (TPSA) is 128 Å². The van der Waals surface area contributed by atoms with Gasteiger partial charge in [0, 0.05) is 5.02 Å². The third kappa shape index (κ3) is 4.22. The van der Waals surface area contributed by atoms with Crippen LogP contribution >= 0.6 is 11.6 Å². The van der Waals surface area contributed by atoms with Crippen LogP contribution in [-0.2, 0) is 16.0 Å². The molecule has 172 valence electrons. The smallest absolute Gasteiger partial charge is 0.268 e. The molecule has 2 aliphatic heterocycles. The SMILES string of the molecule is CC1(C)Oc2ccc(Cc3cc([C@@H]4O[C@H](CO)C(O)[C@H](O)C4O)ccc3Cl)cc2NC1=O. The maximum atomic E-state index is 12.2. The zero-order valence-corrected chi connectivity index (χ0v) is 18.4. The molecule has 2 unspecified atom stereocenters. The quantitative estimate of drug-likeness (QED) is 0.465. The van der Waals surface area contributed by atoms with Crippen LogP contribution < -0.4 is 10.1 Å². The van der Waals surface area contributed by atoms with Gasteiger partial charge in [0.15, 0.2) is 5.60 Å². The molecule has 2 aromatic carbocycles. The predicted molar refractivity (Wildman–Crippen MR) is 117 cm³/mol. The van der Waals surface area contributed by atoms with Gasteiger partial charge in [0.2, 0.25) is 0 Å². The van der Waals surface area contributed by atoms with E-state index in [4.69, 9.17) is 21.1 Å². The highest BCUT2D eigenvalue weighted by atomic mass is 35.5. The summed E-state index contributed by atoms with van der Waals surface area (Å²) in [5.41, 5.74) is 1.80. The van der Waals surface area contributed by atoms with E-state index in [-0.39, 0.29) is 5.91 Å². The van der Waals surface area contributed by atoms with Crippen molar-refractivity contribution in [2.24, 2.45) is 0 Å². The lowest BCUT2D eigenvalue weighted by Gasteiger charge is -2.40. The van der Waals surface area contributed by atoms with E-state index in [1.54, 1.807) is 38.1 Å². The Morgan fingerprint density at radius 3 is 2.53 bits per heavy atom. The molecule has 9 heteroatoms. The number of benzene rings is 2. The Bertz CT molecular complexity index is 1030. The van der Waals surface area contributed by atoms with Gasteiger partial charge < -0.3 is 35.2 Å². The second kappa shape index (κ2) is 8.62. The average Bonchev–Trinajstić information content (AvgIpc) is 2.75. The fourth-order valence-corrected chi connectivity index (χ4v) is 4.16. The molecule has 1 saturated heterocycles. The van der Waals surface area contributed by atoms with E-state index in [1.165, 1.54) is 0 Å². The number of fused-ring (bicyclic) bond motifs is 1. The molecule has 0 aromatic heterocycles. The number of ether oxygens (including phenoxy) is 2. The predicted octanol–water partition coefficient (Wildman–Crippen LogP) is 1.56. The zero-order chi connectivity index (χ0) is 23.2. The van der Waals surface area contributed by atoms with Crippen LogP contribution in [0.25, 0.3) is 0 Å². The zero-order valence-electron chi connectivity index (χ0n) is 17.7. The van der Waals surface area contributed by atoms with Crippen molar-refractivity contribution in [3.8, 4) is 5.75 Å². The normalized spacial score (nSPS) is 29.1. The van der Waals surface area contributed by atoms with Crippen LogP contribution in [0.2, 0.25) is 5.02 Å². The van der Waals surface area contributed by atoms with Crippen LogP contribution in [0.1, 0.15) is 36.6 Å². The van der Waals surface area contributed by atoms with Crippen molar-refractivity contribution in [2.45, 2.75) is 56.4 Å². The molecule has 4 rings (SSSR count). The summed E-state index contributed by atoms with van der Waals surface area (Å²) in [4.78, 5) is 12.2. The monoisotopic (exact) mass is 463 g/mol. The molecule has 2 aromatic rings. The minimum absolute atomic E-state index is 0.232. The van der Waals surface area contributed by atoms with E-state index in [1.807, 2.05) is 12.1 Å². The molecular formula is C23H26ClNO7. The molecule has 0 radical (unpaired) electrons. The van der Waals surface area contributed by atoms with E-state index in [0.717, 1.165) is 11.1 Å². The highest BCUT2D eigenvalue weighted by molar-refractivity contribution is 6.31. The number of halogens is 1. The summed E-state index contributed by atoms with van der Waals surface area (Å²) in [6, 6.07) is 10.6. The summed E-state index contributed by atoms with van der Waals surface area (Å²) in [5, 5.41) is 43.3. The fraction of sp³-hybridized carbons (Fsp3) is 0.435. The number of aliphatic hydroxyl groups excluding tert-OH is 4. The van der Waals surface area contributed by atoms with E-state index >= 15 is 0 Å². The molecule has 32 heavy (non-hydrogen) atoms. The van der Waals surface area contributed by atoms with Crippen LogP contribution in [0.15, 0.2) is 36.4 Å². The molecule has 8 nitrogen and oxygen atoms in total. The third-order valence-corrected chi connectivity index (χ3v) is 6.26. The van der Waals surface area contributed by atoms with Crippen molar-refractivity contribution in [2.75, 3.05) is 11.9 Å². The second-order valence-electron chi connectivity index (χ2n) is 8.67. The highest BCUT2D eigenvalue weighted by Gasteiger charge is 2.44. The summed E-state index contributed by atoms with van der Waals surface area (Å²) in [6.07, 6.45) is -5.77. The Hall–Kier alpha value is -2.20. The van der Waals surface area contributed by atoms with Gasteiger partial charge in [-0.3, -0.25) is 4.79 Å². The summed E-state index contributed by atoms with van der Waals surface area (Å²) >= 11 is 6.41. The largest absolute Gasteiger partial charge is 0.476 e. The molecule has 0 bridgehead atoms. The number of amides is 1. The number of hydrogen-bond donors (Lipinski definition) is 5. The maximum Gasteiger partial charge on any atom is 0.268 e. The summed E-state index contributed by atoms with van der Waals surface area (Å²) < 4.78 is 11.4. The molecule has 0 spiro atoms. The lowest BCUT2D eigenvalue weighted by atomic mass is 9.90. The number of nitrogens with one attached hydrogen (secondary N) is 1. The van der Waals surface area contributed by atoms with Crippen LogP contribution in [0.3, 0.4) is 0 Å². The minimum Gasteiger partial charge on any atom is -0.476 e. The van der Waals surface area contributed by atoms with Gasteiger partial charge in [-0.05, 0) is 55.2 Å². The third-order valence-electron chi connectivity index (χ3n) is 5.89. The number of anilines is 1. The lowest BCUT2D eigenvalue weighted by molar-refractivity contribution is -0.231. The van der Waals surface area contributed by atoms with Crippen molar-refractivity contribution in [1.29, 1.82) is 0 Å². The van der Waals surface area contributed by atoms with Crippen molar-refractivity contribution >= 4 is 23.2 Å². The van der Waals surface area contributed by atoms with Crippen molar-refractivity contribution in [3.05, 3.63) is 58.1 Å². The molecule has 5 N–H and O–H groups in total. The van der Waals surface area contributed by atoms with Crippen molar-refractivity contribution in [3.63, 3.8) is 0 Å². The van der Waals surface area contributed by atoms with Crippen LogP contribution in [0, 0.1) is 0 Å². The average molecular weight is 464 g/mol. The van der Waals surface area contributed by atoms with Gasteiger partial charge in [-0.15, -0.1) is 0 Å². The molecule has 0 aliphatic carbocycles. The van der Waals surface area contributed by atoms with Crippen LogP contribution in [0.4, 0.5) is 5.69 Å². The van der Waals surface area contributed by atoms with Crippen LogP contribution in [0.5, 0.6) is 5.75 Å². The molecule has 1 fully saturated rings. The fourth-order valence-electron chi connectivity index (χ4n) is 3.97. The number of carbonyl (C=O) groups is 1. The Morgan fingerprint density at radius 1 is 1.06 bits per heavy atom. The highest BCUT2D eigenvalue weighted by Crippen LogP contribution is 2.37. The van der Waals surface area contributed by atoms with Gasteiger partial charge in [0.25, 0.3) is 5.91 Å². The Kier molecular flexibility index (Phi) is 6.19. The Balaban J connectivity index is 1.59. The first-order chi connectivity index (χ1) is 15.1. The first kappa shape index (κ1) is 23.0. The van der Waals surface area contributed by atoms with E-state index < -0.39 is 42.7 Å². The molecular weight excluding hydrogens is 438 g/mol. The summed E-state index contributed by atoms with van der Waals surface area (Å²) in [6.45, 7) is 2.90. The van der Waals surface area contributed by atoms with Gasteiger partial charge in [-0.25, -0.2) is 0 Å². The second-order valence-corrected chi connectivity index (χ2v) is 9.08. The van der Waals surface area contributed by atoms with Crippen molar-refractivity contribution in [1.82, 2.24) is 0 Å². The van der Waals surface area contributed by atoms with Gasteiger partial charge in [0.1, 0.15) is 36.3 Å².